The molecule has 0 saturated heterocycles. The van der Waals surface area contributed by atoms with Crippen molar-refractivity contribution in [1.82, 2.24) is 0 Å². The lowest BCUT2D eigenvalue weighted by Crippen LogP contribution is -2.20. The minimum absolute atomic E-state index is 0.0726. The van der Waals surface area contributed by atoms with Gasteiger partial charge in [-0.25, -0.2) is 0 Å². The number of anilines is 1. The summed E-state index contributed by atoms with van der Waals surface area (Å²) in [6, 6.07) is 16.4. The van der Waals surface area contributed by atoms with E-state index in [1.165, 1.54) is 0 Å². The standard InChI is InChI=1S/C23H21NO3S/c1-16-5-3-4-6-20(16)24-23(26)15-27-19-9-7-18(8-10-19)21(25)11-12-22-17(2)13-14-28-22/h3-14H,15H2,1-2H3,(H,24,26)/b12-11+. The average Bonchev–Trinajstić information content (AvgIpc) is 3.11. The maximum Gasteiger partial charge on any atom is 0.262 e. The summed E-state index contributed by atoms with van der Waals surface area (Å²) in [5.74, 6) is 0.231. The Kier molecular flexibility index (Phi) is 6.40. The zero-order chi connectivity index (χ0) is 19.9. The molecule has 0 bridgehead atoms. The highest BCUT2D eigenvalue weighted by atomic mass is 32.1. The summed E-state index contributed by atoms with van der Waals surface area (Å²) in [4.78, 5) is 25.4. The third-order valence-electron chi connectivity index (χ3n) is 4.22. The Bertz CT molecular complexity index is 1000. The smallest absolute Gasteiger partial charge is 0.262 e. The van der Waals surface area contributed by atoms with Crippen LogP contribution in [0.4, 0.5) is 5.69 Å². The van der Waals surface area contributed by atoms with Crippen molar-refractivity contribution in [2.24, 2.45) is 0 Å². The summed E-state index contributed by atoms with van der Waals surface area (Å²) in [5, 5.41) is 4.82. The summed E-state index contributed by atoms with van der Waals surface area (Å²) in [6.45, 7) is 3.85. The fourth-order valence-electron chi connectivity index (χ4n) is 2.57. The maximum atomic E-state index is 12.3. The van der Waals surface area contributed by atoms with Gasteiger partial charge >= 0.3 is 0 Å². The van der Waals surface area contributed by atoms with Gasteiger partial charge in [-0.05, 0) is 78.9 Å². The first kappa shape index (κ1) is 19.6. The largest absolute Gasteiger partial charge is 0.484 e. The van der Waals surface area contributed by atoms with Gasteiger partial charge in [0.1, 0.15) is 5.75 Å². The minimum Gasteiger partial charge on any atom is -0.484 e. The SMILES string of the molecule is Cc1ccccc1NC(=O)COc1ccc(C(=O)/C=C/c2sccc2C)cc1. The zero-order valence-electron chi connectivity index (χ0n) is 15.8. The first-order valence-corrected chi connectivity index (χ1v) is 9.76. The van der Waals surface area contributed by atoms with Crippen molar-refractivity contribution in [3.05, 3.63) is 87.6 Å². The number of nitrogens with one attached hydrogen (secondary N) is 1. The normalized spacial score (nSPS) is 10.8. The summed E-state index contributed by atoms with van der Waals surface area (Å²) in [5.41, 5.74) is 3.48. The number of allylic oxidation sites excluding steroid dienone is 1. The van der Waals surface area contributed by atoms with E-state index in [9.17, 15) is 9.59 Å². The number of ether oxygens (including phenoxy) is 1. The van der Waals surface area contributed by atoms with E-state index in [1.807, 2.05) is 55.6 Å². The molecule has 3 aromatic rings. The number of hydrogen-bond donors (Lipinski definition) is 1. The van der Waals surface area contributed by atoms with Gasteiger partial charge in [-0.2, -0.15) is 0 Å². The number of ketones is 1. The monoisotopic (exact) mass is 391 g/mol. The molecule has 28 heavy (non-hydrogen) atoms. The molecule has 0 fully saturated rings. The number of aryl methyl sites for hydroxylation is 2. The zero-order valence-corrected chi connectivity index (χ0v) is 16.6. The predicted octanol–water partition coefficient (Wildman–Crippen LogP) is 5.28. The first-order chi connectivity index (χ1) is 13.5. The molecule has 0 aliphatic carbocycles. The van der Waals surface area contributed by atoms with Gasteiger partial charge in [-0.1, -0.05) is 18.2 Å². The van der Waals surface area contributed by atoms with Gasteiger partial charge in [-0.15, -0.1) is 11.3 Å². The van der Waals surface area contributed by atoms with E-state index in [2.05, 4.69) is 5.32 Å². The summed E-state index contributed by atoms with van der Waals surface area (Å²) in [6.07, 6.45) is 3.41. The van der Waals surface area contributed by atoms with Crippen LogP contribution in [0.15, 0.2) is 66.1 Å². The average molecular weight is 391 g/mol. The van der Waals surface area contributed by atoms with Crippen molar-refractivity contribution < 1.29 is 14.3 Å². The highest BCUT2D eigenvalue weighted by Crippen LogP contribution is 2.18. The molecule has 142 valence electrons. The lowest BCUT2D eigenvalue weighted by molar-refractivity contribution is -0.118. The van der Waals surface area contributed by atoms with Crippen LogP contribution < -0.4 is 10.1 Å². The van der Waals surface area contributed by atoms with Crippen LogP contribution in [0.3, 0.4) is 0 Å². The predicted molar refractivity (Wildman–Crippen MR) is 114 cm³/mol. The van der Waals surface area contributed by atoms with E-state index >= 15 is 0 Å². The third kappa shape index (κ3) is 5.18. The maximum absolute atomic E-state index is 12.3. The second-order valence-electron chi connectivity index (χ2n) is 6.34. The van der Waals surface area contributed by atoms with E-state index in [4.69, 9.17) is 4.74 Å². The molecule has 0 unspecified atom stereocenters. The number of carbonyl (C=O) groups is 2. The van der Waals surface area contributed by atoms with Crippen LogP contribution in [0.5, 0.6) is 5.75 Å². The Labute approximate surface area is 168 Å². The van der Waals surface area contributed by atoms with Gasteiger partial charge in [0.25, 0.3) is 5.91 Å². The van der Waals surface area contributed by atoms with Crippen molar-refractivity contribution >= 4 is 34.8 Å². The molecule has 0 saturated carbocycles. The Morgan fingerprint density at radius 3 is 2.43 bits per heavy atom. The molecule has 2 aromatic carbocycles. The molecule has 0 spiro atoms. The van der Waals surface area contributed by atoms with Crippen LogP contribution in [-0.4, -0.2) is 18.3 Å². The Morgan fingerprint density at radius 1 is 1.00 bits per heavy atom. The lowest BCUT2D eigenvalue weighted by Gasteiger charge is -2.09. The molecule has 0 aliphatic rings. The highest BCUT2D eigenvalue weighted by molar-refractivity contribution is 7.11. The number of carbonyl (C=O) groups excluding carboxylic acids is 2. The molecule has 1 heterocycles. The Balaban J connectivity index is 1.53. The Morgan fingerprint density at radius 2 is 1.75 bits per heavy atom. The van der Waals surface area contributed by atoms with Crippen LogP contribution in [-0.2, 0) is 4.79 Å². The minimum atomic E-state index is -0.233. The molecule has 3 rings (SSSR count). The number of rotatable bonds is 7. The van der Waals surface area contributed by atoms with Gasteiger partial charge < -0.3 is 10.1 Å². The van der Waals surface area contributed by atoms with Crippen LogP contribution >= 0.6 is 11.3 Å². The van der Waals surface area contributed by atoms with Crippen molar-refractivity contribution in [3.8, 4) is 5.75 Å². The van der Waals surface area contributed by atoms with Crippen LogP contribution in [0.2, 0.25) is 0 Å². The first-order valence-electron chi connectivity index (χ1n) is 8.88. The van der Waals surface area contributed by atoms with Crippen molar-refractivity contribution in [1.29, 1.82) is 0 Å². The number of thiophene rings is 1. The van der Waals surface area contributed by atoms with Gasteiger partial charge in [-0.3, -0.25) is 9.59 Å². The fourth-order valence-corrected chi connectivity index (χ4v) is 3.39. The summed E-state index contributed by atoms with van der Waals surface area (Å²) < 4.78 is 5.51. The quantitative estimate of drug-likeness (QED) is 0.440. The topological polar surface area (TPSA) is 55.4 Å². The second kappa shape index (κ2) is 9.15. The molecule has 1 N–H and O–H groups in total. The molecule has 1 aromatic heterocycles. The van der Waals surface area contributed by atoms with E-state index in [0.717, 1.165) is 21.7 Å². The molecule has 0 aliphatic heterocycles. The number of para-hydroxylation sites is 1. The van der Waals surface area contributed by atoms with Gasteiger partial charge in [0.2, 0.25) is 0 Å². The van der Waals surface area contributed by atoms with Crippen molar-refractivity contribution in [2.45, 2.75) is 13.8 Å². The number of benzene rings is 2. The van der Waals surface area contributed by atoms with Gasteiger partial charge in [0, 0.05) is 16.1 Å². The van der Waals surface area contributed by atoms with E-state index in [1.54, 1.807) is 41.7 Å². The van der Waals surface area contributed by atoms with Gasteiger partial charge in [0.05, 0.1) is 0 Å². The third-order valence-corrected chi connectivity index (χ3v) is 5.20. The van der Waals surface area contributed by atoms with Gasteiger partial charge in [0.15, 0.2) is 12.4 Å². The molecule has 0 atom stereocenters. The van der Waals surface area contributed by atoms with Crippen molar-refractivity contribution in [2.75, 3.05) is 11.9 Å². The second-order valence-corrected chi connectivity index (χ2v) is 7.29. The van der Waals surface area contributed by atoms with Crippen LogP contribution in [0.25, 0.3) is 6.08 Å². The van der Waals surface area contributed by atoms with Crippen molar-refractivity contribution in [3.63, 3.8) is 0 Å². The van der Waals surface area contributed by atoms with Crippen LogP contribution in [0.1, 0.15) is 26.4 Å². The van der Waals surface area contributed by atoms with E-state index in [0.29, 0.717) is 11.3 Å². The number of amides is 1. The fraction of sp³-hybridized carbons (Fsp3) is 0.130. The summed E-state index contributed by atoms with van der Waals surface area (Å²) in [7, 11) is 0. The lowest BCUT2D eigenvalue weighted by atomic mass is 10.1. The van der Waals surface area contributed by atoms with Crippen LogP contribution in [0, 0.1) is 13.8 Å². The van der Waals surface area contributed by atoms with E-state index < -0.39 is 0 Å². The Hall–Kier alpha value is -3.18. The molecule has 4 nitrogen and oxygen atoms in total. The highest BCUT2D eigenvalue weighted by Gasteiger charge is 2.07. The molecule has 0 radical (unpaired) electrons. The molecule has 5 heteroatoms. The molecular weight excluding hydrogens is 370 g/mol. The molecular formula is C23H21NO3S. The summed E-state index contributed by atoms with van der Waals surface area (Å²) >= 11 is 1.60. The number of hydrogen-bond acceptors (Lipinski definition) is 4. The van der Waals surface area contributed by atoms with E-state index in [-0.39, 0.29) is 18.3 Å². The molecule has 1 amide bonds.